The molecule has 1 aliphatic heterocycles. The minimum atomic E-state index is -0.462. The Balaban J connectivity index is 1.77. The third-order valence-corrected chi connectivity index (χ3v) is 4.82. The number of aryl methyl sites for hydroxylation is 1. The van der Waals surface area contributed by atoms with Crippen LogP contribution in [-0.4, -0.2) is 33.4 Å². The number of hydrogen-bond donors (Lipinski definition) is 1. The van der Waals surface area contributed by atoms with Crippen LogP contribution in [0, 0.1) is 5.92 Å². The maximum atomic E-state index is 12.5. The van der Waals surface area contributed by atoms with Crippen molar-refractivity contribution >= 4 is 16.8 Å². The second-order valence-electron chi connectivity index (χ2n) is 6.59. The highest BCUT2D eigenvalue weighted by Crippen LogP contribution is 2.17. The molecule has 0 aliphatic carbocycles. The summed E-state index contributed by atoms with van der Waals surface area (Å²) in [5.74, 6) is 0.736. The van der Waals surface area contributed by atoms with E-state index in [9.17, 15) is 14.4 Å². The molecule has 1 N–H and O–H groups in total. The van der Waals surface area contributed by atoms with E-state index in [1.807, 2.05) is 4.90 Å². The number of nitrogens with one attached hydrogen (secondary N) is 1. The van der Waals surface area contributed by atoms with Gasteiger partial charge in [-0.15, -0.1) is 0 Å². The summed E-state index contributed by atoms with van der Waals surface area (Å²) in [6.07, 6.45) is 3.50. The van der Waals surface area contributed by atoms with Crippen LogP contribution in [0.15, 0.2) is 33.9 Å². The number of carbonyl (C=O) groups excluding carboxylic acids is 1. The fourth-order valence-corrected chi connectivity index (χ4v) is 3.34. The van der Waals surface area contributed by atoms with E-state index in [0.29, 0.717) is 16.8 Å². The van der Waals surface area contributed by atoms with Gasteiger partial charge in [-0.3, -0.25) is 19.1 Å². The van der Waals surface area contributed by atoms with Crippen LogP contribution in [0.1, 0.15) is 32.6 Å². The first-order valence-corrected chi connectivity index (χ1v) is 8.56. The molecule has 1 atom stereocenters. The number of hydrogen-bond acceptors (Lipinski definition) is 3. The minimum Gasteiger partial charge on any atom is -0.343 e. The molecule has 2 aromatic rings. The molecule has 1 aromatic carbocycles. The van der Waals surface area contributed by atoms with Crippen molar-refractivity contribution in [3.05, 3.63) is 45.1 Å². The summed E-state index contributed by atoms with van der Waals surface area (Å²) in [7, 11) is 0. The number of aromatic nitrogens is 2. The Kier molecular flexibility index (Phi) is 4.83. The number of likely N-dealkylation sites (tertiary alicyclic amines) is 1. The Hall–Kier alpha value is -2.37. The molecule has 1 aromatic heterocycles. The standard InChI is InChI=1S/C18H23N3O3/c1-13-5-4-10-20(11-8-13)16(22)9-12-21-15-7-3-2-6-14(15)17(23)19-18(21)24/h2-3,6-7,13H,4-5,8-12H2,1H3,(H,19,23,24). The summed E-state index contributed by atoms with van der Waals surface area (Å²) in [6.45, 7) is 4.09. The molecule has 2 heterocycles. The third kappa shape index (κ3) is 3.42. The fraction of sp³-hybridized carbons (Fsp3) is 0.500. The SMILES string of the molecule is CC1CCCN(C(=O)CCn2c(=O)[nH]c(=O)c3ccccc32)CC1. The highest BCUT2D eigenvalue weighted by Gasteiger charge is 2.18. The van der Waals surface area contributed by atoms with Gasteiger partial charge in [-0.05, 0) is 37.3 Å². The summed E-state index contributed by atoms with van der Waals surface area (Å²) in [4.78, 5) is 40.7. The summed E-state index contributed by atoms with van der Waals surface area (Å²) in [5, 5.41) is 0.466. The first kappa shape index (κ1) is 16.5. The fourth-order valence-electron chi connectivity index (χ4n) is 3.34. The Bertz CT molecular complexity index is 852. The zero-order chi connectivity index (χ0) is 17.1. The monoisotopic (exact) mass is 329 g/mol. The minimum absolute atomic E-state index is 0.0753. The molecule has 6 heteroatoms. The van der Waals surface area contributed by atoms with Gasteiger partial charge in [0, 0.05) is 26.1 Å². The smallest absolute Gasteiger partial charge is 0.328 e. The van der Waals surface area contributed by atoms with Gasteiger partial charge in [0.1, 0.15) is 0 Å². The third-order valence-electron chi connectivity index (χ3n) is 4.82. The van der Waals surface area contributed by atoms with Crippen molar-refractivity contribution < 1.29 is 4.79 Å². The van der Waals surface area contributed by atoms with Crippen LogP contribution < -0.4 is 11.2 Å². The maximum Gasteiger partial charge on any atom is 0.328 e. The van der Waals surface area contributed by atoms with Gasteiger partial charge in [0.15, 0.2) is 0 Å². The molecule has 0 spiro atoms. The Morgan fingerprint density at radius 2 is 2.00 bits per heavy atom. The van der Waals surface area contributed by atoms with Crippen molar-refractivity contribution in [3.8, 4) is 0 Å². The van der Waals surface area contributed by atoms with Crippen molar-refractivity contribution in [1.29, 1.82) is 0 Å². The van der Waals surface area contributed by atoms with Crippen molar-refractivity contribution in [3.63, 3.8) is 0 Å². The first-order valence-electron chi connectivity index (χ1n) is 8.56. The van der Waals surface area contributed by atoms with Crippen molar-refractivity contribution in [2.24, 2.45) is 5.92 Å². The molecule has 128 valence electrons. The molecule has 3 rings (SSSR count). The van der Waals surface area contributed by atoms with E-state index < -0.39 is 5.69 Å². The second-order valence-corrected chi connectivity index (χ2v) is 6.59. The van der Waals surface area contributed by atoms with Crippen LogP contribution in [0.4, 0.5) is 0 Å². The number of H-pyrrole nitrogens is 1. The molecular formula is C18H23N3O3. The largest absolute Gasteiger partial charge is 0.343 e. The van der Waals surface area contributed by atoms with E-state index in [-0.39, 0.29) is 24.4 Å². The van der Waals surface area contributed by atoms with Crippen molar-refractivity contribution in [2.75, 3.05) is 13.1 Å². The van der Waals surface area contributed by atoms with Crippen LogP contribution in [0.3, 0.4) is 0 Å². The van der Waals surface area contributed by atoms with Gasteiger partial charge in [-0.1, -0.05) is 19.1 Å². The lowest BCUT2D eigenvalue weighted by molar-refractivity contribution is -0.131. The van der Waals surface area contributed by atoms with Crippen molar-refractivity contribution in [2.45, 2.75) is 39.2 Å². The van der Waals surface area contributed by atoms with Gasteiger partial charge in [-0.2, -0.15) is 0 Å². The highest BCUT2D eigenvalue weighted by molar-refractivity contribution is 5.79. The van der Waals surface area contributed by atoms with Gasteiger partial charge in [0.05, 0.1) is 10.9 Å². The number of amides is 1. The van der Waals surface area contributed by atoms with Crippen molar-refractivity contribution in [1.82, 2.24) is 14.5 Å². The molecule has 0 saturated carbocycles. The van der Waals surface area contributed by atoms with Gasteiger partial charge < -0.3 is 4.90 Å². The molecule has 1 aliphatic rings. The maximum absolute atomic E-state index is 12.5. The van der Waals surface area contributed by atoms with E-state index in [1.165, 1.54) is 4.57 Å². The Morgan fingerprint density at radius 1 is 1.21 bits per heavy atom. The second kappa shape index (κ2) is 7.03. The molecule has 24 heavy (non-hydrogen) atoms. The average molecular weight is 329 g/mol. The molecule has 1 fully saturated rings. The number of rotatable bonds is 3. The number of benzene rings is 1. The number of carbonyl (C=O) groups is 1. The van der Waals surface area contributed by atoms with Crippen LogP contribution in [0.2, 0.25) is 0 Å². The Labute approximate surface area is 140 Å². The lowest BCUT2D eigenvalue weighted by atomic mass is 10.0. The van der Waals surface area contributed by atoms with E-state index in [4.69, 9.17) is 0 Å². The predicted molar refractivity (Wildman–Crippen MR) is 93.0 cm³/mol. The zero-order valence-corrected chi connectivity index (χ0v) is 14.0. The lowest BCUT2D eigenvalue weighted by Gasteiger charge is -2.21. The van der Waals surface area contributed by atoms with Gasteiger partial charge in [0.25, 0.3) is 5.56 Å². The van der Waals surface area contributed by atoms with Crippen LogP contribution in [-0.2, 0) is 11.3 Å². The van der Waals surface area contributed by atoms with E-state index in [1.54, 1.807) is 24.3 Å². The number of nitrogens with zero attached hydrogens (tertiary/aromatic N) is 2. The quantitative estimate of drug-likeness (QED) is 0.932. The molecule has 1 amide bonds. The van der Waals surface area contributed by atoms with Gasteiger partial charge >= 0.3 is 5.69 Å². The van der Waals surface area contributed by atoms with E-state index >= 15 is 0 Å². The average Bonchev–Trinajstić information content (AvgIpc) is 2.79. The predicted octanol–water partition coefficient (Wildman–Crippen LogP) is 1.73. The summed E-state index contributed by atoms with van der Waals surface area (Å²) in [5.41, 5.74) is -0.279. The number of para-hydroxylation sites is 1. The zero-order valence-electron chi connectivity index (χ0n) is 14.0. The summed E-state index contributed by atoms with van der Waals surface area (Å²) >= 11 is 0. The van der Waals surface area contributed by atoms with Crippen LogP contribution in [0.25, 0.3) is 10.9 Å². The van der Waals surface area contributed by atoms with E-state index in [0.717, 1.165) is 32.4 Å². The summed E-state index contributed by atoms with van der Waals surface area (Å²) < 4.78 is 1.48. The summed E-state index contributed by atoms with van der Waals surface area (Å²) in [6, 6.07) is 6.97. The Morgan fingerprint density at radius 3 is 2.83 bits per heavy atom. The molecular weight excluding hydrogens is 306 g/mol. The highest BCUT2D eigenvalue weighted by atomic mass is 16.2. The van der Waals surface area contributed by atoms with Gasteiger partial charge in [0.2, 0.25) is 5.91 Å². The van der Waals surface area contributed by atoms with Gasteiger partial charge in [-0.25, -0.2) is 4.79 Å². The lowest BCUT2D eigenvalue weighted by Crippen LogP contribution is -2.35. The number of fused-ring (bicyclic) bond motifs is 1. The molecule has 1 saturated heterocycles. The van der Waals surface area contributed by atoms with Crippen LogP contribution >= 0.6 is 0 Å². The van der Waals surface area contributed by atoms with Crippen LogP contribution in [0.5, 0.6) is 0 Å². The molecule has 0 radical (unpaired) electrons. The molecule has 6 nitrogen and oxygen atoms in total. The molecule has 1 unspecified atom stereocenters. The topological polar surface area (TPSA) is 75.2 Å². The number of aromatic amines is 1. The molecule has 0 bridgehead atoms. The normalized spacial score (nSPS) is 18.5. The van der Waals surface area contributed by atoms with E-state index in [2.05, 4.69) is 11.9 Å². The first-order chi connectivity index (χ1) is 11.6.